The van der Waals surface area contributed by atoms with Crippen molar-refractivity contribution in [2.45, 2.75) is 25.4 Å². The van der Waals surface area contributed by atoms with Crippen molar-refractivity contribution in [1.29, 1.82) is 0 Å². The molecule has 1 saturated heterocycles. The first-order valence-corrected chi connectivity index (χ1v) is 8.58. The Morgan fingerprint density at radius 1 is 1.23 bits per heavy atom. The van der Waals surface area contributed by atoms with E-state index < -0.39 is 5.97 Å². The average Bonchev–Trinajstić information content (AvgIpc) is 3.10. The Morgan fingerprint density at radius 2 is 2.00 bits per heavy atom. The highest BCUT2D eigenvalue weighted by atomic mass is 16.5. The van der Waals surface area contributed by atoms with Gasteiger partial charge in [-0.3, -0.25) is 9.69 Å². The van der Waals surface area contributed by atoms with Crippen LogP contribution >= 0.6 is 0 Å². The van der Waals surface area contributed by atoms with Gasteiger partial charge in [0.2, 0.25) is 5.91 Å². The van der Waals surface area contributed by atoms with Gasteiger partial charge in [-0.15, -0.1) is 0 Å². The molecule has 1 amide bonds. The molecule has 6 nitrogen and oxygen atoms in total. The van der Waals surface area contributed by atoms with Crippen LogP contribution in [-0.4, -0.2) is 41.6 Å². The molecule has 0 aliphatic carbocycles. The zero-order valence-corrected chi connectivity index (χ0v) is 14.6. The summed E-state index contributed by atoms with van der Waals surface area (Å²) in [5, 5.41) is 12.0. The minimum absolute atomic E-state index is 0.0667. The fourth-order valence-corrected chi connectivity index (χ4v) is 3.30. The predicted molar refractivity (Wildman–Crippen MR) is 98.5 cm³/mol. The summed E-state index contributed by atoms with van der Waals surface area (Å²) in [6.45, 7) is 1.62. The van der Waals surface area contributed by atoms with Gasteiger partial charge >= 0.3 is 5.97 Å². The second-order valence-corrected chi connectivity index (χ2v) is 6.32. The highest BCUT2D eigenvalue weighted by molar-refractivity contribution is 5.97. The van der Waals surface area contributed by atoms with Crippen molar-refractivity contribution in [3.05, 3.63) is 59.7 Å². The summed E-state index contributed by atoms with van der Waals surface area (Å²) < 4.78 is 5.11. The molecule has 0 radical (unpaired) electrons. The molecule has 0 saturated carbocycles. The Morgan fingerprint density at radius 3 is 2.69 bits per heavy atom. The van der Waals surface area contributed by atoms with Gasteiger partial charge in [-0.05, 0) is 37.1 Å². The highest BCUT2D eigenvalue weighted by Crippen LogP contribution is 2.25. The molecule has 0 aromatic heterocycles. The molecule has 1 aliphatic heterocycles. The number of rotatable bonds is 6. The molecule has 1 aliphatic rings. The van der Waals surface area contributed by atoms with Crippen LogP contribution in [0.3, 0.4) is 0 Å². The molecule has 2 aromatic carbocycles. The van der Waals surface area contributed by atoms with E-state index in [2.05, 4.69) is 22.3 Å². The second kappa shape index (κ2) is 8.01. The molecule has 0 bridgehead atoms. The van der Waals surface area contributed by atoms with Gasteiger partial charge in [0.25, 0.3) is 0 Å². The molecule has 3 rings (SSSR count). The molecule has 136 valence electrons. The molecule has 1 fully saturated rings. The highest BCUT2D eigenvalue weighted by Gasteiger charge is 2.30. The molecular weight excluding hydrogens is 332 g/mol. The third-order valence-electron chi connectivity index (χ3n) is 4.59. The van der Waals surface area contributed by atoms with Gasteiger partial charge < -0.3 is 15.2 Å². The third-order valence-corrected chi connectivity index (χ3v) is 4.59. The number of nitrogens with one attached hydrogen (secondary N) is 1. The number of hydrogen-bond acceptors (Lipinski definition) is 4. The smallest absolute Gasteiger partial charge is 0.339 e. The maximum Gasteiger partial charge on any atom is 0.339 e. The number of nitrogens with zero attached hydrogens (tertiary/aromatic N) is 1. The number of carboxylic acid groups (broad SMARTS) is 1. The van der Waals surface area contributed by atoms with Gasteiger partial charge in [0.1, 0.15) is 11.3 Å². The van der Waals surface area contributed by atoms with Gasteiger partial charge in [-0.2, -0.15) is 0 Å². The molecule has 26 heavy (non-hydrogen) atoms. The van der Waals surface area contributed by atoms with E-state index in [1.165, 1.54) is 24.8 Å². The first-order chi connectivity index (χ1) is 12.6. The molecule has 6 heteroatoms. The Balaban J connectivity index is 1.70. The van der Waals surface area contributed by atoms with Crippen molar-refractivity contribution in [2.24, 2.45) is 0 Å². The van der Waals surface area contributed by atoms with E-state index in [9.17, 15) is 9.59 Å². The van der Waals surface area contributed by atoms with Gasteiger partial charge in [0.15, 0.2) is 0 Å². The lowest BCUT2D eigenvalue weighted by Gasteiger charge is -2.24. The normalized spacial score (nSPS) is 17.0. The van der Waals surface area contributed by atoms with E-state index in [0.29, 0.717) is 5.69 Å². The molecule has 1 unspecified atom stereocenters. The van der Waals surface area contributed by atoms with Crippen molar-refractivity contribution in [2.75, 3.05) is 19.0 Å². The molecule has 1 atom stereocenters. The van der Waals surface area contributed by atoms with E-state index in [0.717, 1.165) is 25.9 Å². The number of methoxy groups -OCH3 is 1. The number of likely N-dealkylation sites (tertiary alicyclic amines) is 1. The summed E-state index contributed by atoms with van der Waals surface area (Å²) in [6, 6.07) is 14.5. The van der Waals surface area contributed by atoms with E-state index in [1.807, 2.05) is 18.2 Å². The van der Waals surface area contributed by atoms with Crippen molar-refractivity contribution in [1.82, 2.24) is 4.90 Å². The van der Waals surface area contributed by atoms with Gasteiger partial charge in [-0.25, -0.2) is 4.79 Å². The van der Waals surface area contributed by atoms with Crippen LogP contribution in [-0.2, 0) is 11.3 Å². The SMILES string of the molecule is COc1cc(NC(=O)C2CCCN2Cc2ccccc2)ccc1C(=O)O. The minimum atomic E-state index is -1.07. The molecule has 1 heterocycles. The maximum absolute atomic E-state index is 12.7. The van der Waals surface area contributed by atoms with Crippen LogP contribution in [0.1, 0.15) is 28.8 Å². The molecular formula is C20H22N2O4. The third kappa shape index (κ3) is 4.03. The number of ether oxygens (including phenoxy) is 1. The lowest BCUT2D eigenvalue weighted by Crippen LogP contribution is -2.39. The molecule has 0 spiro atoms. The van der Waals surface area contributed by atoms with Crippen molar-refractivity contribution >= 4 is 17.6 Å². The Hall–Kier alpha value is -2.86. The first-order valence-electron chi connectivity index (χ1n) is 8.58. The zero-order chi connectivity index (χ0) is 18.5. The largest absolute Gasteiger partial charge is 0.496 e. The fraction of sp³-hybridized carbons (Fsp3) is 0.300. The van der Waals surface area contributed by atoms with E-state index >= 15 is 0 Å². The number of benzene rings is 2. The summed E-state index contributed by atoms with van der Waals surface area (Å²) in [7, 11) is 1.41. The summed E-state index contributed by atoms with van der Waals surface area (Å²) in [4.78, 5) is 26.1. The number of carbonyl (C=O) groups is 2. The predicted octanol–water partition coefficient (Wildman–Crippen LogP) is 3.00. The zero-order valence-electron chi connectivity index (χ0n) is 14.6. The summed E-state index contributed by atoms with van der Waals surface area (Å²) in [5.74, 6) is -0.920. The van der Waals surface area contributed by atoms with Gasteiger partial charge in [-0.1, -0.05) is 30.3 Å². The monoisotopic (exact) mass is 354 g/mol. The van der Waals surface area contributed by atoms with Gasteiger partial charge in [0, 0.05) is 18.3 Å². The average molecular weight is 354 g/mol. The fourth-order valence-electron chi connectivity index (χ4n) is 3.30. The standard InChI is InChI=1S/C20H22N2O4/c1-26-18-12-15(9-10-16(18)20(24)25)21-19(23)17-8-5-11-22(17)13-14-6-3-2-4-7-14/h2-4,6-7,9-10,12,17H,5,8,11,13H2,1H3,(H,21,23)(H,24,25). The van der Waals surface area contributed by atoms with Crippen LogP contribution in [0.4, 0.5) is 5.69 Å². The topological polar surface area (TPSA) is 78.9 Å². The van der Waals surface area contributed by atoms with Crippen molar-refractivity contribution in [3.8, 4) is 5.75 Å². The van der Waals surface area contributed by atoms with Crippen LogP contribution in [0, 0.1) is 0 Å². The number of aromatic carboxylic acids is 1. The van der Waals surface area contributed by atoms with Crippen LogP contribution in [0.25, 0.3) is 0 Å². The number of carboxylic acids is 1. The van der Waals surface area contributed by atoms with E-state index in [-0.39, 0.29) is 23.3 Å². The number of carbonyl (C=O) groups excluding carboxylic acids is 1. The summed E-state index contributed by atoms with van der Waals surface area (Å²) in [6.07, 6.45) is 1.79. The van der Waals surface area contributed by atoms with Gasteiger partial charge in [0.05, 0.1) is 13.2 Å². The van der Waals surface area contributed by atoms with E-state index in [4.69, 9.17) is 9.84 Å². The number of hydrogen-bond donors (Lipinski definition) is 2. The van der Waals surface area contributed by atoms with Crippen LogP contribution in [0.15, 0.2) is 48.5 Å². The summed E-state index contributed by atoms with van der Waals surface area (Å²) in [5.41, 5.74) is 1.78. The molecule has 2 N–H and O–H groups in total. The van der Waals surface area contributed by atoms with Crippen molar-refractivity contribution < 1.29 is 19.4 Å². The van der Waals surface area contributed by atoms with Crippen LogP contribution in [0.5, 0.6) is 5.75 Å². The Labute approximate surface area is 152 Å². The van der Waals surface area contributed by atoms with Crippen LogP contribution < -0.4 is 10.1 Å². The lowest BCUT2D eigenvalue weighted by molar-refractivity contribution is -0.120. The minimum Gasteiger partial charge on any atom is -0.496 e. The van der Waals surface area contributed by atoms with E-state index in [1.54, 1.807) is 6.07 Å². The van der Waals surface area contributed by atoms with Crippen LogP contribution in [0.2, 0.25) is 0 Å². The Kier molecular flexibility index (Phi) is 5.53. The first kappa shape index (κ1) is 17.9. The number of amides is 1. The quantitative estimate of drug-likeness (QED) is 0.834. The summed E-state index contributed by atoms with van der Waals surface area (Å²) >= 11 is 0. The second-order valence-electron chi connectivity index (χ2n) is 6.32. The lowest BCUT2D eigenvalue weighted by atomic mass is 10.1. The van der Waals surface area contributed by atoms with Crippen molar-refractivity contribution in [3.63, 3.8) is 0 Å². The number of anilines is 1. The Bertz CT molecular complexity index is 792. The maximum atomic E-state index is 12.7. The molecule has 2 aromatic rings.